The lowest BCUT2D eigenvalue weighted by Gasteiger charge is -2.09. The normalized spacial score (nSPS) is 16.0. The van der Waals surface area contributed by atoms with E-state index in [1.807, 2.05) is 18.2 Å². The molecule has 4 rings (SSSR count). The van der Waals surface area contributed by atoms with E-state index < -0.39 is 0 Å². The molecule has 0 amide bonds. The van der Waals surface area contributed by atoms with Gasteiger partial charge in [0.05, 0.1) is 0 Å². The second-order valence-corrected chi connectivity index (χ2v) is 6.17. The summed E-state index contributed by atoms with van der Waals surface area (Å²) in [6, 6.07) is 10.7. The Labute approximate surface area is 121 Å². The molecule has 0 saturated heterocycles. The highest BCUT2D eigenvalue weighted by molar-refractivity contribution is 7.14. The lowest BCUT2D eigenvalue weighted by atomic mass is 10.2. The summed E-state index contributed by atoms with van der Waals surface area (Å²) >= 11 is 1.66. The number of furan rings is 1. The topological polar surface area (TPSA) is 38.1 Å². The molecule has 20 heavy (non-hydrogen) atoms. The fourth-order valence-electron chi connectivity index (χ4n) is 2.81. The van der Waals surface area contributed by atoms with E-state index in [2.05, 4.69) is 27.8 Å². The van der Waals surface area contributed by atoms with E-state index in [1.165, 1.54) is 25.7 Å². The molecule has 1 N–H and O–H groups in total. The second-order valence-electron chi connectivity index (χ2n) is 5.31. The molecular formula is C16H16N2OS. The molecule has 0 unspecified atom stereocenters. The number of nitrogens with zero attached hydrogens (tertiary/aromatic N) is 1. The van der Waals surface area contributed by atoms with Gasteiger partial charge in [0.15, 0.2) is 10.9 Å². The molecule has 1 aliphatic carbocycles. The molecule has 0 radical (unpaired) electrons. The first-order valence-corrected chi connectivity index (χ1v) is 7.97. The first-order chi connectivity index (χ1) is 9.88. The number of anilines is 1. The van der Waals surface area contributed by atoms with Crippen molar-refractivity contribution in [2.75, 3.05) is 5.32 Å². The third kappa shape index (κ3) is 2.20. The summed E-state index contributed by atoms with van der Waals surface area (Å²) < 4.78 is 5.85. The number of thiazole rings is 1. The molecule has 2 aromatic heterocycles. The maximum absolute atomic E-state index is 5.85. The van der Waals surface area contributed by atoms with Crippen molar-refractivity contribution in [2.24, 2.45) is 0 Å². The van der Waals surface area contributed by atoms with Gasteiger partial charge in [-0.25, -0.2) is 4.98 Å². The van der Waals surface area contributed by atoms with Crippen molar-refractivity contribution in [3.63, 3.8) is 0 Å². The summed E-state index contributed by atoms with van der Waals surface area (Å²) in [5.74, 6) is 0.849. The van der Waals surface area contributed by atoms with Crippen LogP contribution in [0.3, 0.4) is 0 Å². The Balaban J connectivity index is 1.60. The Hall–Kier alpha value is -1.81. The van der Waals surface area contributed by atoms with Gasteiger partial charge in [-0.15, -0.1) is 11.3 Å². The number of fused-ring (bicyclic) bond motifs is 1. The van der Waals surface area contributed by atoms with Crippen LogP contribution in [-0.2, 0) is 0 Å². The van der Waals surface area contributed by atoms with Crippen molar-refractivity contribution in [3.8, 4) is 11.5 Å². The van der Waals surface area contributed by atoms with Gasteiger partial charge in [0.25, 0.3) is 0 Å². The minimum absolute atomic E-state index is 0.602. The zero-order valence-electron chi connectivity index (χ0n) is 11.1. The van der Waals surface area contributed by atoms with Crippen molar-refractivity contribution in [3.05, 3.63) is 35.7 Å². The number of rotatable bonds is 3. The summed E-state index contributed by atoms with van der Waals surface area (Å²) in [5.41, 5.74) is 1.84. The number of benzene rings is 1. The lowest BCUT2D eigenvalue weighted by molar-refractivity contribution is 0.629. The minimum Gasteiger partial charge on any atom is -0.454 e. The standard InChI is InChI=1S/C16H16N2OS/c1-4-8-14-11(5-1)9-15(19-14)13-10-20-16(18-13)17-12-6-2-3-7-12/h1,4-5,8-10,12H,2-3,6-7H2,(H,17,18). The highest BCUT2D eigenvalue weighted by Gasteiger charge is 2.16. The average molecular weight is 284 g/mol. The van der Waals surface area contributed by atoms with E-state index in [-0.39, 0.29) is 0 Å². The van der Waals surface area contributed by atoms with Crippen molar-refractivity contribution in [1.82, 2.24) is 4.98 Å². The summed E-state index contributed by atoms with van der Waals surface area (Å²) in [6.07, 6.45) is 5.19. The van der Waals surface area contributed by atoms with Crippen LogP contribution >= 0.6 is 11.3 Å². The summed E-state index contributed by atoms with van der Waals surface area (Å²) in [4.78, 5) is 4.65. The first-order valence-electron chi connectivity index (χ1n) is 7.09. The van der Waals surface area contributed by atoms with Crippen molar-refractivity contribution < 1.29 is 4.42 Å². The van der Waals surface area contributed by atoms with Gasteiger partial charge >= 0.3 is 0 Å². The lowest BCUT2D eigenvalue weighted by Crippen LogP contribution is -2.13. The van der Waals surface area contributed by atoms with Gasteiger partial charge in [0.2, 0.25) is 0 Å². The Bertz CT molecular complexity index is 692. The van der Waals surface area contributed by atoms with Crippen molar-refractivity contribution in [1.29, 1.82) is 0 Å². The smallest absolute Gasteiger partial charge is 0.183 e. The molecule has 3 aromatic rings. The molecule has 2 heterocycles. The zero-order chi connectivity index (χ0) is 13.4. The third-order valence-electron chi connectivity index (χ3n) is 3.86. The Morgan fingerprint density at radius 3 is 2.90 bits per heavy atom. The molecular weight excluding hydrogens is 268 g/mol. The molecule has 4 heteroatoms. The van der Waals surface area contributed by atoms with Crippen LogP contribution in [0.1, 0.15) is 25.7 Å². The van der Waals surface area contributed by atoms with E-state index in [1.54, 1.807) is 11.3 Å². The van der Waals surface area contributed by atoms with Gasteiger partial charge in [-0.3, -0.25) is 0 Å². The van der Waals surface area contributed by atoms with Gasteiger partial charge in [0.1, 0.15) is 11.3 Å². The Morgan fingerprint density at radius 2 is 2.05 bits per heavy atom. The van der Waals surface area contributed by atoms with Crippen LogP contribution in [0.15, 0.2) is 40.1 Å². The summed E-state index contributed by atoms with van der Waals surface area (Å²) in [6.45, 7) is 0. The molecule has 102 valence electrons. The fraction of sp³-hybridized carbons (Fsp3) is 0.312. The van der Waals surface area contributed by atoms with E-state index >= 15 is 0 Å². The molecule has 1 aromatic carbocycles. The highest BCUT2D eigenvalue weighted by Crippen LogP contribution is 2.31. The number of para-hydroxylation sites is 1. The number of nitrogens with one attached hydrogen (secondary N) is 1. The fourth-order valence-corrected chi connectivity index (χ4v) is 3.58. The van der Waals surface area contributed by atoms with Gasteiger partial charge in [-0.05, 0) is 25.0 Å². The minimum atomic E-state index is 0.602. The third-order valence-corrected chi connectivity index (χ3v) is 4.64. The molecule has 0 aliphatic heterocycles. The molecule has 0 bridgehead atoms. The predicted octanol–water partition coefficient (Wildman–Crippen LogP) is 4.91. The van der Waals surface area contributed by atoms with Gasteiger partial charge in [-0.2, -0.15) is 0 Å². The molecule has 1 aliphatic rings. The number of aromatic nitrogens is 1. The van der Waals surface area contributed by atoms with Crippen LogP contribution in [0.5, 0.6) is 0 Å². The summed E-state index contributed by atoms with van der Waals surface area (Å²) in [5, 5.41) is 7.73. The van der Waals surface area contributed by atoms with Gasteiger partial charge < -0.3 is 9.73 Å². The largest absolute Gasteiger partial charge is 0.454 e. The molecule has 1 saturated carbocycles. The van der Waals surface area contributed by atoms with Crippen LogP contribution in [0.4, 0.5) is 5.13 Å². The molecule has 0 spiro atoms. The first kappa shape index (κ1) is 12.0. The number of hydrogen-bond donors (Lipinski definition) is 1. The highest BCUT2D eigenvalue weighted by atomic mass is 32.1. The van der Waals surface area contributed by atoms with Crippen molar-refractivity contribution >= 4 is 27.4 Å². The monoisotopic (exact) mass is 284 g/mol. The van der Waals surface area contributed by atoms with E-state index in [9.17, 15) is 0 Å². The van der Waals surface area contributed by atoms with E-state index in [4.69, 9.17) is 4.42 Å². The number of hydrogen-bond acceptors (Lipinski definition) is 4. The maximum atomic E-state index is 5.85. The Kier molecular flexibility index (Phi) is 2.96. The predicted molar refractivity (Wildman–Crippen MR) is 83.2 cm³/mol. The van der Waals surface area contributed by atoms with Crippen LogP contribution < -0.4 is 5.32 Å². The van der Waals surface area contributed by atoms with Crippen LogP contribution in [0, 0.1) is 0 Å². The van der Waals surface area contributed by atoms with Gasteiger partial charge in [-0.1, -0.05) is 31.0 Å². The van der Waals surface area contributed by atoms with Crippen LogP contribution in [0.2, 0.25) is 0 Å². The van der Waals surface area contributed by atoms with Crippen molar-refractivity contribution in [2.45, 2.75) is 31.7 Å². The van der Waals surface area contributed by atoms with Gasteiger partial charge in [0, 0.05) is 16.8 Å². The molecule has 1 fully saturated rings. The average Bonchev–Trinajstić information content (AvgIpc) is 3.18. The SMILES string of the molecule is c1ccc2oc(-c3csc(NC4CCCC4)n3)cc2c1. The van der Waals surface area contributed by atoms with E-state index in [0.29, 0.717) is 6.04 Å². The molecule has 0 atom stereocenters. The van der Waals surface area contributed by atoms with Crippen LogP contribution in [-0.4, -0.2) is 11.0 Å². The Morgan fingerprint density at radius 1 is 1.20 bits per heavy atom. The molecule has 3 nitrogen and oxygen atoms in total. The van der Waals surface area contributed by atoms with E-state index in [0.717, 1.165) is 27.6 Å². The van der Waals surface area contributed by atoms with Crippen LogP contribution in [0.25, 0.3) is 22.4 Å². The zero-order valence-corrected chi connectivity index (χ0v) is 12.0. The second kappa shape index (κ2) is 4.94. The maximum Gasteiger partial charge on any atom is 0.183 e. The quantitative estimate of drug-likeness (QED) is 0.742. The summed E-state index contributed by atoms with van der Waals surface area (Å²) in [7, 11) is 0.